The van der Waals surface area contributed by atoms with Crippen molar-refractivity contribution in [3.05, 3.63) is 46.5 Å². The number of ether oxygens (including phenoxy) is 1. The smallest absolute Gasteiger partial charge is 0.338 e. The third kappa shape index (κ3) is 5.18. The number of hydrogen-bond donors (Lipinski definition) is 0. The van der Waals surface area contributed by atoms with Crippen molar-refractivity contribution in [3.63, 3.8) is 0 Å². The SMILES string of the molecule is CC(C)CCC[C@@H](C)[C@@H]1CC[C@@H]2[C@H]3CC=C4C[C@@H](OC(=O)c5cccc(Cl)c5)CC[C@]4(C)[C@@H]3CC[C@]21C. The van der Waals surface area contributed by atoms with Crippen LogP contribution in [-0.2, 0) is 4.74 Å². The fourth-order valence-electron chi connectivity index (χ4n) is 9.59. The zero-order valence-electron chi connectivity index (χ0n) is 23.9. The van der Waals surface area contributed by atoms with Crippen molar-refractivity contribution in [3.8, 4) is 0 Å². The summed E-state index contributed by atoms with van der Waals surface area (Å²) in [6, 6.07) is 7.12. The van der Waals surface area contributed by atoms with Gasteiger partial charge in [0.25, 0.3) is 0 Å². The minimum Gasteiger partial charge on any atom is -0.458 e. The molecular weight excluding hydrogens is 476 g/mol. The summed E-state index contributed by atoms with van der Waals surface area (Å²) >= 11 is 6.10. The van der Waals surface area contributed by atoms with Gasteiger partial charge in [0.1, 0.15) is 6.10 Å². The maximum atomic E-state index is 12.8. The maximum absolute atomic E-state index is 12.8. The molecule has 2 nitrogen and oxygen atoms in total. The molecule has 3 heteroatoms. The van der Waals surface area contributed by atoms with Gasteiger partial charge in [-0.05, 0) is 109 Å². The number of halogens is 1. The van der Waals surface area contributed by atoms with Crippen LogP contribution in [0.5, 0.6) is 0 Å². The van der Waals surface area contributed by atoms with Crippen LogP contribution in [0.1, 0.15) is 116 Å². The monoisotopic (exact) mass is 524 g/mol. The van der Waals surface area contributed by atoms with Gasteiger partial charge < -0.3 is 4.74 Å². The lowest BCUT2D eigenvalue weighted by molar-refractivity contribution is -0.0594. The van der Waals surface area contributed by atoms with Gasteiger partial charge in [0.15, 0.2) is 0 Å². The topological polar surface area (TPSA) is 26.3 Å². The Bertz CT molecular complexity index is 1010. The van der Waals surface area contributed by atoms with Crippen molar-refractivity contribution < 1.29 is 9.53 Å². The first-order valence-corrected chi connectivity index (χ1v) is 15.7. The van der Waals surface area contributed by atoms with Gasteiger partial charge >= 0.3 is 5.97 Å². The molecule has 1 aromatic carbocycles. The highest BCUT2D eigenvalue weighted by Crippen LogP contribution is 2.67. The molecule has 4 aliphatic rings. The van der Waals surface area contributed by atoms with Gasteiger partial charge in [-0.15, -0.1) is 0 Å². The number of carbonyl (C=O) groups is 1. The molecule has 0 aliphatic heterocycles. The first kappa shape index (κ1) is 27.3. The zero-order chi connectivity index (χ0) is 26.4. The van der Waals surface area contributed by atoms with Gasteiger partial charge in [0, 0.05) is 11.4 Å². The molecule has 0 unspecified atom stereocenters. The minimum atomic E-state index is -0.238. The van der Waals surface area contributed by atoms with Gasteiger partial charge in [0.05, 0.1) is 5.56 Å². The molecule has 0 bridgehead atoms. The Morgan fingerprint density at radius 1 is 1.05 bits per heavy atom. The second kappa shape index (κ2) is 10.7. The van der Waals surface area contributed by atoms with E-state index in [1.54, 1.807) is 23.8 Å². The summed E-state index contributed by atoms with van der Waals surface area (Å²) < 4.78 is 6.00. The van der Waals surface area contributed by atoms with Gasteiger partial charge in [-0.3, -0.25) is 0 Å². The fraction of sp³-hybridized carbons (Fsp3) is 0.735. The molecule has 0 heterocycles. The second-order valence-corrected chi connectivity index (χ2v) is 14.5. The number of fused-ring (bicyclic) bond motifs is 5. The Balaban J connectivity index is 1.25. The van der Waals surface area contributed by atoms with Gasteiger partial charge in [-0.25, -0.2) is 4.79 Å². The third-order valence-electron chi connectivity index (χ3n) is 11.6. The minimum absolute atomic E-state index is 0.0150. The zero-order valence-corrected chi connectivity index (χ0v) is 24.7. The van der Waals surface area contributed by atoms with Crippen LogP contribution in [0.15, 0.2) is 35.9 Å². The summed E-state index contributed by atoms with van der Waals surface area (Å²) in [5, 5.41) is 0.579. The fourth-order valence-corrected chi connectivity index (χ4v) is 9.78. The number of allylic oxidation sites excluding steroid dienone is 1. The highest BCUT2D eigenvalue weighted by Gasteiger charge is 2.59. The van der Waals surface area contributed by atoms with E-state index < -0.39 is 0 Å². The summed E-state index contributed by atoms with van der Waals surface area (Å²) in [6.07, 6.45) is 16.7. The standard InChI is InChI=1S/C34H49ClO2/c1-22(2)8-6-9-23(3)29-14-15-30-28-13-12-25-21-27(37-32(36)24-10-7-11-26(35)20-24)16-18-33(25,4)31(28)17-19-34(29,30)5/h7,10-12,20,22-23,27-31H,6,8-9,13-19,21H2,1-5H3/t23-,27+,28-,29+,30-,31-,33+,34+/m1/s1. The summed E-state index contributed by atoms with van der Waals surface area (Å²) in [7, 11) is 0. The van der Waals surface area contributed by atoms with Crippen LogP contribution in [0.2, 0.25) is 5.02 Å². The first-order chi connectivity index (χ1) is 17.6. The lowest BCUT2D eigenvalue weighted by Gasteiger charge is -2.58. The van der Waals surface area contributed by atoms with E-state index in [2.05, 4.69) is 40.7 Å². The molecule has 204 valence electrons. The van der Waals surface area contributed by atoms with Crippen LogP contribution in [-0.4, -0.2) is 12.1 Å². The Morgan fingerprint density at radius 2 is 1.86 bits per heavy atom. The van der Waals surface area contributed by atoms with E-state index in [1.807, 2.05) is 6.07 Å². The summed E-state index contributed by atoms with van der Waals surface area (Å²) in [5.74, 6) is 4.88. The van der Waals surface area contributed by atoms with Gasteiger partial charge in [0.2, 0.25) is 0 Å². The number of esters is 1. The molecule has 0 aromatic heterocycles. The number of hydrogen-bond acceptors (Lipinski definition) is 2. The van der Waals surface area contributed by atoms with Gasteiger partial charge in [-0.1, -0.05) is 83.2 Å². The van der Waals surface area contributed by atoms with Gasteiger partial charge in [-0.2, -0.15) is 0 Å². The number of carbonyl (C=O) groups excluding carboxylic acids is 1. The molecule has 4 aliphatic carbocycles. The summed E-state index contributed by atoms with van der Waals surface area (Å²) in [5.41, 5.74) is 2.94. The first-order valence-electron chi connectivity index (χ1n) is 15.3. The largest absolute Gasteiger partial charge is 0.458 e. The highest BCUT2D eigenvalue weighted by atomic mass is 35.5. The van der Waals surface area contributed by atoms with Crippen LogP contribution in [0.3, 0.4) is 0 Å². The molecular formula is C34H49ClO2. The molecule has 3 saturated carbocycles. The molecule has 3 fully saturated rings. The van der Waals surface area contributed by atoms with Crippen LogP contribution >= 0.6 is 11.6 Å². The molecule has 8 atom stereocenters. The average Bonchev–Trinajstić information content (AvgIpc) is 3.21. The van der Waals surface area contributed by atoms with Crippen LogP contribution < -0.4 is 0 Å². The average molecular weight is 525 g/mol. The van der Waals surface area contributed by atoms with Crippen molar-refractivity contribution >= 4 is 17.6 Å². The summed E-state index contributed by atoms with van der Waals surface area (Å²) in [6.45, 7) is 12.5. The van der Waals surface area contributed by atoms with E-state index in [9.17, 15) is 4.79 Å². The van der Waals surface area contributed by atoms with Crippen molar-refractivity contribution in [1.82, 2.24) is 0 Å². The van der Waals surface area contributed by atoms with E-state index >= 15 is 0 Å². The van der Waals surface area contributed by atoms with E-state index in [0.717, 1.165) is 54.8 Å². The van der Waals surface area contributed by atoms with Crippen LogP contribution in [0, 0.1) is 46.3 Å². The lowest BCUT2D eigenvalue weighted by atomic mass is 9.47. The molecule has 0 N–H and O–H groups in total. The van der Waals surface area contributed by atoms with Crippen molar-refractivity contribution in [2.75, 3.05) is 0 Å². The predicted molar refractivity (Wildman–Crippen MR) is 154 cm³/mol. The quantitative estimate of drug-likeness (QED) is 0.262. The van der Waals surface area contributed by atoms with Crippen molar-refractivity contribution in [2.24, 2.45) is 46.3 Å². The molecule has 0 amide bonds. The molecule has 5 rings (SSSR count). The van der Waals surface area contributed by atoms with Crippen LogP contribution in [0.4, 0.5) is 0 Å². The number of rotatable bonds is 7. The lowest BCUT2D eigenvalue weighted by Crippen LogP contribution is -2.51. The van der Waals surface area contributed by atoms with Crippen LogP contribution in [0.25, 0.3) is 0 Å². The normalized spacial score (nSPS) is 37.8. The van der Waals surface area contributed by atoms with E-state index in [4.69, 9.17) is 16.3 Å². The van der Waals surface area contributed by atoms with Crippen molar-refractivity contribution in [1.29, 1.82) is 0 Å². The molecule has 1 aromatic rings. The second-order valence-electron chi connectivity index (χ2n) is 14.1. The van der Waals surface area contributed by atoms with E-state index in [0.29, 0.717) is 16.0 Å². The van der Waals surface area contributed by atoms with Crippen molar-refractivity contribution in [2.45, 2.75) is 111 Å². The molecule has 0 radical (unpaired) electrons. The predicted octanol–water partition coefficient (Wildman–Crippen LogP) is 9.91. The highest BCUT2D eigenvalue weighted by molar-refractivity contribution is 6.30. The Labute approximate surface area is 231 Å². The summed E-state index contributed by atoms with van der Waals surface area (Å²) in [4.78, 5) is 12.8. The maximum Gasteiger partial charge on any atom is 0.338 e. The molecule has 0 spiro atoms. The molecule has 0 saturated heterocycles. The Kier molecular flexibility index (Phi) is 7.90. The molecule has 37 heavy (non-hydrogen) atoms. The van der Waals surface area contributed by atoms with E-state index in [-0.39, 0.29) is 17.5 Å². The van der Waals surface area contributed by atoms with E-state index in [1.165, 1.54) is 51.4 Å². The Morgan fingerprint density at radius 3 is 2.62 bits per heavy atom. The third-order valence-corrected chi connectivity index (χ3v) is 11.8. The Hall–Kier alpha value is -1.28. The number of benzene rings is 1.